The zero-order chi connectivity index (χ0) is 9.17. The van der Waals surface area contributed by atoms with Gasteiger partial charge in [0.1, 0.15) is 5.76 Å². The van der Waals surface area contributed by atoms with E-state index in [1.807, 2.05) is 0 Å². The van der Waals surface area contributed by atoms with Gasteiger partial charge in [-0.15, -0.1) is 0 Å². The van der Waals surface area contributed by atoms with Crippen LogP contribution in [0.2, 0.25) is 0 Å². The summed E-state index contributed by atoms with van der Waals surface area (Å²) in [7, 11) is 0. The zero-order valence-corrected chi connectivity index (χ0v) is 7.60. The van der Waals surface area contributed by atoms with Gasteiger partial charge in [0, 0.05) is 18.0 Å². The number of rotatable bonds is 0. The molecule has 4 rings (SSSR count). The summed E-state index contributed by atoms with van der Waals surface area (Å²) in [6.45, 7) is 0. The van der Waals surface area contributed by atoms with E-state index in [1.165, 1.54) is 11.3 Å². The first-order valence-corrected chi connectivity index (χ1v) is 4.86. The largest absolute Gasteiger partial charge is 0.472 e. The Morgan fingerprint density at radius 1 is 1.43 bits per heavy atom. The normalized spacial score (nSPS) is 34.9. The van der Waals surface area contributed by atoms with E-state index in [1.54, 1.807) is 0 Å². The van der Waals surface area contributed by atoms with Crippen molar-refractivity contribution in [3.63, 3.8) is 0 Å². The highest BCUT2D eigenvalue weighted by molar-refractivity contribution is 5.60. The molecule has 2 heteroatoms. The van der Waals surface area contributed by atoms with Gasteiger partial charge in [-0.3, -0.25) is 0 Å². The van der Waals surface area contributed by atoms with Crippen LogP contribution >= 0.6 is 0 Å². The molecule has 0 N–H and O–H groups in total. The van der Waals surface area contributed by atoms with Crippen LogP contribution in [-0.2, 0) is 4.74 Å². The summed E-state index contributed by atoms with van der Waals surface area (Å²) < 4.78 is 5.89. The fourth-order valence-corrected chi connectivity index (χ4v) is 2.51. The van der Waals surface area contributed by atoms with Crippen molar-refractivity contribution in [2.75, 3.05) is 0 Å². The smallest absolute Gasteiger partial charge is 0.194 e. The van der Waals surface area contributed by atoms with Crippen molar-refractivity contribution in [3.8, 4) is 0 Å². The highest BCUT2D eigenvalue weighted by atomic mass is 16.5. The van der Waals surface area contributed by atoms with Gasteiger partial charge in [-0.05, 0) is 24.6 Å². The van der Waals surface area contributed by atoms with Gasteiger partial charge >= 0.3 is 0 Å². The highest BCUT2D eigenvalue weighted by Gasteiger charge is 2.51. The fourth-order valence-electron chi connectivity index (χ4n) is 2.51. The van der Waals surface area contributed by atoms with E-state index in [0.29, 0.717) is 0 Å². The van der Waals surface area contributed by atoms with Gasteiger partial charge < -0.3 is 9.64 Å². The molecule has 68 valence electrons. The van der Waals surface area contributed by atoms with Crippen molar-refractivity contribution < 1.29 is 4.74 Å². The number of hydrogen-bond donors (Lipinski definition) is 0. The molecule has 0 fully saturated rings. The molecule has 0 saturated heterocycles. The topological polar surface area (TPSA) is 12.5 Å². The van der Waals surface area contributed by atoms with Gasteiger partial charge in [0.25, 0.3) is 0 Å². The van der Waals surface area contributed by atoms with Crippen molar-refractivity contribution in [3.05, 3.63) is 59.8 Å². The minimum atomic E-state index is -0.264. The quantitative estimate of drug-likeness (QED) is 0.571. The minimum Gasteiger partial charge on any atom is -0.472 e. The Bertz CT molecular complexity index is 479. The van der Waals surface area contributed by atoms with E-state index >= 15 is 0 Å². The van der Waals surface area contributed by atoms with Crippen molar-refractivity contribution in [1.82, 2.24) is 4.90 Å². The van der Waals surface area contributed by atoms with Gasteiger partial charge in [-0.1, -0.05) is 12.2 Å². The predicted octanol–water partition coefficient (Wildman–Crippen LogP) is 2.21. The summed E-state index contributed by atoms with van der Waals surface area (Å²) in [6.07, 6.45) is 16.0. The Labute approximate surface area is 82.2 Å². The maximum absolute atomic E-state index is 5.89. The zero-order valence-electron chi connectivity index (χ0n) is 7.60. The second-order valence-electron chi connectivity index (χ2n) is 3.92. The third-order valence-corrected chi connectivity index (χ3v) is 3.14. The summed E-state index contributed by atoms with van der Waals surface area (Å²) in [5.41, 5.74) is 2.24. The van der Waals surface area contributed by atoms with E-state index in [9.17, 15) is 0 Å². The van der Waals surface area contributed by atoms with Crippen LogP contribution in [0, 0.1) is 0 Å². The molecule has 0 amide bonds. The molecule has 1 unspecified atom stereocenters. The van der Waals surface area contributed by atoms with Crippen LogP contribution in [0.3, 0.4) is 0 Å². The molecule has 4 heterocycles. The van der Waals surface area contributed by atoms with Crippen LogP contribution in [0.5, 0.6) is 0 Å². The second-order valence-corrected chi connectivity index (χ2v) is 3.92. The SMILES string of the molecule is C1=CN2C=C3C=C4C=CC3(O4)C2=CC1. The lowest BCUT2D eigenvalue weighted by molar-refractivity contribution is 0.147. The second kappa shape index (κ2) is 1.87. The first kappa shape index (κ1) is 6.71. The molecule has 4 aliphatic heterocycles. The van der Waals surface area contributed by atoms with E-state index in [2.05, 4.69) is 47.7 Å². The molecule has 0 radical (unpaired) electrons. The number of allylic oxidation sites excluding steroid dienone is 3. The van der Waals surface area contributed by atoms with Crippen LogP contribution < -0.4 is 0 Å². The monoisotopic (exact) mass is 183 g/mol. The Morgan fingerprint density at radius 3 is 3.36 bits per heavy atom. The van der Waals surface area contributed by atoms with Crippen LogP contribution in [-0.4, -0.2) is 10.5 Å². The Hall–Kier alpha value is -1.70. The van der Waals surface area contributed by atoms with Gasteiger partial charge in [0.05, 0.1) is 5.70 Å². The summed E-state index contributed by atoms with van der Waals surface area (Å²) >= 11 is 0. The molecule has 1 spiro atoms. The van der Waals surface area contributed by atoms with Crippen LogP contribution in [0.25, 0.3) is 0 Å². The van der Waals surface area contributed by atoms with Gasteiger partial charge in [0.2, 0.25) is 0 Å². The van der Waals surface area contributed by atoms with Gasteiger partial charge in [-0.2, -0.15) is 0 Å². The van der Waals surface area contributed by atoms with Crippen LogP contribution in [0.1, 0.15) is 6.42 Å². The summed E-state index contributed by atoms with van der Waals surface area (Å²) in [5, 5.41) is 0. The maximum atomic E-state index is 5.89. The third kappa shape index (κ3) is 0.549. The van der Waals surface area contributed by atoms with Crippen molar-refractivity contribution in [2.45, 2.75) is 12.0 Å². The molecule has 2 nitrogen and oxygen atoms in total. The van der Waals surface area contributed by atoms with E-state index in [0.717, 1.165) is 12.2 Å². The van der Waals surface area contributed by atoms with Crippen molar-refractivity contribution in [2.24, 2.45) is 0 Å². The molecule has 0 aromatic carbocycles. The standard InChI is InChI=1S/C12H9NO/c1-2-6-13-8-9-7-10-4-5-12(9,14-10)11(13)3-1/h2-8H,1H2. The average Bonchev–Trinajstić information content (AvgIpc) is 2.83. The first-order chi connectivity index (χ1) is 6.88. The van der Waals surface area contributed by atoms with Gasteiger partial charge in [0.15, 0.2) is 5.60 Å². The van der Waals surface area contributed by atoms with E-state index in [4.69, 9.17) is 4.74 Å². The number of nitrogens with zero attached hydrogens (tertiary/aromatic N) is 1. The summed E-state index contributed by atoms with van der Waals surface area (Å²) in [6, 6.07) is 0. The molecule has 0 saturated carbocycles. The number of fused-ring (bicyclic) bond motifs is 2. The molecule has 4 aliphatic rings. The molecular formula is C12H9NO. The molecule has 1 atom stereocenters. The maximum Gasteiger partial charge on any atom is 0.194 e. The highest BCUT2D eigenvalue weighted by Crippen LogP contribution is 2.51. The molecule has 0 aromatic heterocycles. The minimum absolute atomic E-state index is 0.264. The molecule has 2 bridgehead atoms. The lowest BCUT2D eigenvalue weighted by atomic mass is 9.91. The predicted molar refractivity (Wildman–Crippen MR) is 52.8 cm³/mol. The Morgan fingerprint density at radius 2 is 2.43 bits per heavy atom. The third-order valence-electron chi connectivity index (χ3n) is 3.14. The Balaban J connectivity index is 1.98. The molecular weight excluding hydrogens is 174 g/mol. The van der Waals surface area contributed by atoms with E-state index < -0.39 is 0 Å². The van der Waals surface area contributed by atoms with Crippen LogP contribution in [0.15, 0.2) is 59.8 Å². The van der Waals surface area contributed by atoms with Crippen molar-refractivity contribution in [1.29, 1.82) is 0 Å². The molecule has 0 aromatic rings. The summed E-state index contributed by atoms with van der Waals surface area (Å²) in [4.78, 5) is 2.15. The average molecular weight is 183 g/mol. The molecule has 0 aliphatic carbocycles. The first-order valence-electron chi connectivity index (χ1n) is 4.86. The van der Waals surface area contributed by atoms with E-state index in [-0.39, 0.29) is 5.60 Å². The van der Waals surface area contributed by atoms with Crippen LogP contribution in [0.4, 0.5) is 0 Å². The van der Waals surface area contributed by atoms with Gasteiger partial charge in [-0.25, -0.2) is 0 Å². The lowest BCUT2D eigenvalue weighted by Crippen LogP contribution is -2.29. The molecule has 14 heavy (non-hydrogen) atoms. The number of hydrogen-bond acceptors (Lipinski definition) is 2. The lowest BCUT2D eigenvalue weighted by Gasteiger charge is -2.27. The Kier molecular flexibility index (Phi) is 0.898. The fraction of sp³-hybridized carbons (Fsp3) is 0.167. The van der Waals surface area contributed by atoms with Crippen molar-refractivity contribution >= 4 is 0 Å². The number of ether oxygens (including phenoxy) is 1. The summed E-state index contributed by atoms with van der Waals surface area (Å²) in [5.74, 6) is 0.992.